The molecular formula is C10H9N5OS. The molecule has 0 amide bonds. The first kappa shape index (κ1) is 10.2. The predicted octanol–water partition coefficient (Wildman–Crippen LogP) is 1.99. The summed E-state index contributed by atoms with van der Waals surface area (Å²) in [5, 5.41) is 8.33. The summed E-state index contributed by atoms with van der Waals surface area (Å²) in [6.45, 7) is 1.90. The first-order valence-electron chi connectivity index (χ1n) is 4.92. The van der Waals surface area contributed by atoms with Crippen LogP contribution < -0.4 is 5.73 Å². The zero-order chi connectivity index (χ0) is 11.8. The summed E-state index contributed by atoms with van der Waals surface area (Å²) in [7, 11) is 0. The van der Waals surface area contributed by atoms with E-state index in [-0.39, 0.29) is 5.95 Å². The lowest BCUT2D eigenvalue weighted by Gasteiger charge is -2.01. The lowest BCUT2D eigenvalue weighted by atomic mass is 10.4. The zero-order valence-corrected chi connectivity index (χ0v) is 9.78. The van der Waals surface area contributed by atoms with Gasteiger partial charge >= 0.3 is 0 Å². The van der Waals surface area contributed by atoms with Gasteiger partial charge in [0.2, 0.25) is 5.95 Å². The Morgan fingerprint density at radius 1 is 1.41 bits per heavy atom. The van der Waals surface area contributed by atoms with E-state index in [0.717, 1.165) is 21.1 Å². The minimum atomic E-state index is 0.227. The average Bonchev–Trinajstić information content (AvgIpc) is 2.88. The molecule has 0 saturated carbocycles. The number of H-pyrrole nitrogens is 1. The Morgan fingerprint density at radius 2 is 2.29 bits per heavy atom. The van der Waals surface area contributed by atoms with E-state index < -0.39 is 0 Å². The molecule has 3 aromatic rings. The smallest absolute Gasteiger partial charge is 0.223 e. The second-order valence-corrected chi connectivity index (χ2v) is 4.49. The highest BCUT2D eigenvalue weighted by Gasteiger charge is 2.11. The number of nitrogen functional groups attached to an aromatic ring is 1. The number of nitrogens with one attached hydrogen (secondary N) is 1. The molecule has 0 aliphatic carbocycles. The van der Waals surface area contributed by atoms with Crippen LogP contribution >= 0.6 is 11.8 Å². The molecule has 0 spiro atoms. The topological polar surface area (TPSA) is 93.6 Å². The highest BCUT2D eigenvalue weighted by atomic mass is 32.2. The number of nitrogens with zero attached hydrogens (tertiary/aromatic N) is 3. The van der Waals surface area contributed by atoms with E-state index in [2.05, 4.69) is 20.2 Å². The summed E-state index contributed by atoms with van der Waals surface area (Å²) in [5.74, 6) is 1.08. The van der Waals surface area contributed by atoms with Crippen molar-refractivity contribution in [3.63, 3.8) is 0 Å². The maximum atomic E-state index is 5.64. The monoisotopic (exact) mass is 247 g/mol. The van der Waals surface area contributed by atoms with Gasteiger partial charge in [-0.05, 0) is 13.0 Å². The van der Waals surface area contributed by atoms with Crippen molar-refractivity contribution in [1.29, 1.82) is 0 Å². The van der Waals surface area contributed by atoms with Crippen molar-refractivity contribution >= 4 is 28.7 Å². The third-order valence-electron chi connectivity index (χ3n) is 2.31. The molecular weight excluding hydrogens is 238 g/mol. The van der Waals surface area contributed by atoms with Crippen molar-refractivity contribution in [2.45, 2.75) is 16.8 Å². The minimum absolute atomic E-state index is 0.227. The SMILES string of the molecule is Cc1occc1Sc1nc(N)nc2[nH]ncc12. The number of hydrogen-bond acceptors (Lipinski definition) is 6. The van der Waals surface area contributed by atoms with Gasteiger partial charge in [0.05, 0.1) is 22.7 Å². The highest BCUT2D eigenvalue weighted by Crippen LogP contribution is 2.33. The molecule has 3 heterocycles. The molecule has 0 unspecified atom stereocenters. The van der Waals surface area contributed by atoms with Gasteiger partial charge in [0.1, 0.15) is 10.8 Å². The first-order chi connectivity index (χ1) is 8.24. The molecule has 17 heavy (non-hydrogen) atoms. The number of fused-ring (bicyclic) bond motifs is 1. The molecule has 0 saturated heterocycles. The number of furan rings is 1. The maximum Gasteiger partial charge on any atom is 0.223 e. The summed E-state index contributed by atoms with van der Waals surface area (Å²) < 4.78 is 5.24. The Kier molecular flexibility index (Phi) is 2.25. The van der Waals surface area contributed by atoms with E-state index >= 15 is 0 Å². The number of anilines is 1. The van der Waals surface area contributed by atoms with Gasteiger partial charge in [-0.3, -0.25) is 5.10 Å². The summed E-state index contributed by atoms with van der Waals surface area (Å²) in [4.78, 5) is 9.28. The second kappa shape index (κ2) is 3.77. The number of aromatic amines is 1. The lowest BCUT2D eigenvalue weighted by Crippen LogP contribution is -1.96. The van der Waals surface area contributed by atoms with Crippen LogP contribution in [0.2, 0.25) is 0 Å². The quantitative estimate of drug-likeness (QED) is 0.672. The fraction of sp³-hybridized carbons (Fsp3) is 0.100. The molecule has 0 radical (unpaired) electrons. The molecule has 0 fully saturated rings. The van der Waals surface area contributed by atoms with Crippen LogP contribution in [0.25, 0.3) is 11.0 Å². The number of nitrogens with two attached hydrogens (primary N) is 1. The summed E-state index contributed by atoms with van der Waals surface area (Å²) >= 11 is 1.48. The van der Waals surface area contributed by atoms with Crippen LogP contribution in [0.1, 0.15) is 5.76 Å². The van der Waals surface area contributed by atoms with E-state index in [4.69, 9.17) is 10.2 Å². The van der Waals surface area contributed by atoms with Crippen LogP contribution in [-0.4, -0.2) is 20.2 Å². The number of rotatable bonds is 2. The fourth-order valence-electron chi connectivity index (χ4n) is 1.49. The van der Waals surface area contributed by atoms with Crippen LogP contribution in [0.5, 0.6) is 0 Å². The Balaban J connectivity index is 2.11. The van der Waals surface area contributed by atoms with Gasteiger partial charge in [-0.2, -0.15) is 10.1 Å². The third-order valence-corrected chi connectivity index (χ3v) is 3.46. The van der Waals surface area contributed by atoms with Gasteiger partial charge in [-0.1, -0.05) is 11.8 Å². The molecule has 6 nitrogen and oxygen atoms in total. The largest absolute Gasteiger partial charge is 0.468 e. The van der Waals surface area contributed by atoms with Crippen LogP contribution in [-0.2, 0) is 0 Å². The molecule has 0 aliphatic rings. The van der Waals surface area contributed by atoms with Gasteiger partial charge < -0.3 is 10.2 Å². The van der Waals surface area contributed by atoms with E-state index in [1.165, 1.54) is 11.8 Å². The van der Waals surface area contributed by atoms with Crippen molar-refractivity contribution < 1.29 is 4.42 Å². The van der Waals surface area contributed by atoms with E-state index in [0.29, 0.717) is 5.65 Å². The molecule has 3 rings (SSSR count). The first-order valence-corrected chi connectivity index (χ1v) is 5.74. The van der Waals surface area contributed by atoms with Gasteiger partial charge in [0.15, 0.2) is 5.65 Å². The standard InChI is InChI=1S/C10H9N5OS/c1-5-7(2-3-16-5)17-9-6-4-12-15-8(6)13-10(11)14-9/h2-4H,1H3,(H3,11,12,13,14,15). The Hall–Kier alpha value is -2.02. The van der Waals surface area contributed by atoms with Crippen LogP contribution in [0.3, 0.4) is 0 Å². The van der Waals surface area contributed by atoms with Crippen LogP contribution in [0.15, 0.2) is 32.9 Å². The highest BCUT2D eigenvalue weighted by molar-refractivity contribution is 7.99. The molecule has 7 heteroatoms. The van der Waals surface area contributed by atoms with Crippen molar-refractivity contribution in [3.8, 4) is 0 Å². The van der Waals surface area contributed by atoms with E-state index in [1.807, 2.05) is 13.0 Å². The van der Waals surface area contributed by atoms with Gasteiger partial charge in [-0.25, -0.2) is 4.98 Å². The molecule has 0 bridgehead atoms. The summed E-state index contributed by atoms with van der Waals surface area (Å²) in [6, 6.07) is 1.89. The van der Waals surface area contributed by atoms with E-state index in [1.54, 1.807) is 12.5 Å². The minimum Gasteiger partial charge on any atom is -0.468 e. The molecule has 86 valence electrons. The van der Waals surface area contributed by atoms with Gasteiger partial charge in [0.25, 0.3) is 0 Å². The van der Waals surface area contributed by atoms with Gasteiger partial charge in [0, 0.05) is 0 Å². The number of aryl methyl sites for hydroxylation is 1. The Morgan fingerprint density at radius 3 is 3.06 bits per heavy atom. The number of aromatic nitrogens is 4. The molecule has 0 aromatic carbocycles. The zero-order valence-electron chi connectivity index (χ0n) is 8.97. The third kappa shape index (κ3) is 1.74. The molecule has 3 aromatic heterocycles. The summed E-state index contributed by atoms with van der Waals surface area (Å²) in [5.41, 5.74) is 6.28. The van der Waals surface area contributed by atoms with Crippen LogP contribution in [0.4, 0.5) is 5.95 Å². The molecule has 3 N–H and O–H groups in total. The molecule has 0 aliphatic heterocycles. The lowest BCUT2D eigenvalue weighted by molar-refractivity contribution is 0.527. The normalized spacial score (nSPS) is 11.1. The van der Waals surface area contributed by atoms with Crippen molar-refractivity contribution in [3.05, 3.63) is 24.3 Å². The molecule has 0 atom stereocenters. The van der Waals surface area contributed by atoms with Crippen LogP contribution in [0, 0.1) is 6.92 Å². The number of hydrogen-bond donors (Lipinski definition) is 2. The second-order valence-electron chi connectivity index (χ2n) is 3.46. The predicted molar refractivity (Wildman–Crippen MR) is 63.7 cm³/mol. The fourth-order valence-corrected chi connectivity index (χ4v) is 2.41. The van der Waals surface area contributed by atoms with Gasteiger partial charge in [-0.15, -0.1) is 0 Å². The van der Waals surface area contributed by atoms with Crippen molar-refractivity contribution in [1.82, 2.24) is 20.2 Å². The Labute approximate surface area is 101 Å². The van der Waals surface area contributed by atoms with Crippen molar-refractivity contribution in [2.75, 3.05) is 5.73 Å². The van der Waals surface area contributed by atoms with E-state index in [9.17, 15) is 0 Å². The van der Waals surface area contributed by atoms with Crippen molar-refractivity contribution in [2.24, 2.45) is 0 Å². The Bertz CT molecular complexity index is 674. The summed E-state index contributed by atoms with van der Waals surface area (Å²) in [6.07, 6.45) is 3.33. The average molecular weight is 247 g/mol. The maximum absolute atomic E-state index is 5.64.